The van der Waals surface area contributed by atoms with E-state index in [1.807, 2.05) is 12.1 Å². The first kappa shape index (κ1) is 12.2. The lowest BCUT2D eigenvalue weighted by molar-refractivity contribution is 0.353. The van der Waals surface area contributed by atoms with Gasteiger partial charge in [0.1, 0.15) is 0 Å². The molecule has 2 N–H and O–H groups in total. The molecular weight excluding hydrogens is 214 g/mol. The summed E-state index contributed by atoms with van der Waals surface area (Å²) in [6.45, 7) is 4.32. The molecule has 3 unspecified atom stereocenters. The number of hydrogen-bond acceptors (Lipinski definition) is 3. The fourth-order valence-electron chi connectivity index (χ4n) is 2.44. The summed E-state index contributed by atoms with van der Waals surface area (Å²) in [6.07, 6.45) is 1.23. The normalized spacial score (nSPS) is 24.3. The third-order valence-corrected chi connectivity index (χ3v) is 3.76. The first-order valence-corrected chi connectivity index (χ1v) is 6.06. The number of nitrogens with two attached hydrogens (primary N) is 1. The van der Waals surface area contributed by atoms with Crippen LogP contribution in [-0.4, -0.2) is 14.2 Å². The summed E-state index contributed by atoms with van der Waals surface area (Å²) in [4.78, 5) is 0. The van der Waals surface area contributed by atoms with Gasteiger partial charge in [0, 0.05) is 6.04 Å². The molecule has 1 aliphatic rings. The molecule has 2 rings (SSSR count). The van der Waals surface area contributed by atoms with Crippen LogP contribution in [0, 0.1) is 18.8 Å². The van der Waals surface area contributed by atoms with Gasteiger partial charge in [-0.05, 0) is 48.4 Å². The van der Waals surface area contributed by atoms with Gasteiger partial charge in [0.25, 0.3) is 0 Å². The van der Waals surface area contributed by atoms with Crippen LogP contribution in [0.25, 0.3) is 0 Å². The van der Waals surface area contributed by atoms with Gasteiger partial charge in [-0.2, -0.15) is 0 Å². The van der Waals surface area contributed by atoms with E-state index in [-0.39, 0.29) is 6.04 Å². The standard InChI is InChI=1S/C14H21NO2/c1-8-5-10(8)14(15)11-7-13(17-4)12(16-3)6-9(11)2/h6-8,10,14H,5,15H2,1-4H3. The Kier molecular flexibility index (Phi) is 3.29. The van der Waals surface area contributed by atoms with Gasteiger partial charge in [0.05, 0.1) is 14.2 Å². The fraction of sp³-hybridized carbons (Fsp3) is 0.571. The summed E-state index contributed by atoms with van der Waals surface area (Å²) >= 11 is 0. The lowest BCUT2D eigenvalue weighted by atomic mass is 9.97. The van der Waals surface area contributed by atoms with Gasteiger partial charge in [-0.25, -0.2) is 0 Å². The van der Waals surface area contributed by atoms with E-state index in [0.29, 0.717) is 5.92 Å². The van der Waals surface area contributed by atoms with Gasteiger partial charge in [0.2, 0.25) is 0 Å². The molecule has 0 saturated heterocycles. The topological polar surface area (TPSA) is 44.5 Å². The maximum atomic E-state index is 6.31. The minimum Gasteiger partial charge on any atom is -0.493 e. The minimum absolute atomic E-state index is 0.116. The van der Waals surface area contributed by atoms with Crippen LogP contribution in [0.5, 0.6) is 11.5 Å². The molecule has 0 amide bonds. The van der Waals surface area contributed by atoms with Crippen LogP contribution < -0.4 is 15.2 Å². The number of ether oxygens (including phenoxy) is 2. The van der Waals surface area contributed by atoms with Crippen molar-refractivity contribution in [3.05, 3.63) is 23.3 Å². The van der Waals surface area contributed by atoms with E-state index >= 15 is 0 Å². The Morgan fingerprint density at radius 3 is 2.24 bits per heavy atom. The third kappa shape index (κ3) is 2.25. The molecule has 3 heteroatoms. The molecule has 0 spiro atoms. The van der Waals surface area contributed by atoms with Crippen LogP contribution in [0.4, 0.5) is 0 Å². The van der Waals surface area contributed by atoms with Crippen molar-refractivity contribution in [2.75, 3.05) is 14.2 Å². The number of rotatable bonds is 4. The molecule has 3 atom stereocenters. The Balaban J connectivity index is 2.33. The Hall–Kier alpha value is -1.22. The smallest absolute Gasteiger partial charge is 0.161 e. The molecule has 3 nitrogen and oxygen atoms in total. The van der Waals surface area contributed by atoms with Gasteiger partial charge >= 0.3 is 0 Å². The number of aryl methyl sites for hydroxylation is 1. The van der Waals surface area contributed by atoms with Crippen LogP contribution in [0.3, 0.4) is 0 Å². The van der Waals surface area contributed by atoms with E-state index in [4.69, 9.17) is 15.2 Å². The zero-order valence-corrected chi connectivity index (χ0v) is 11.0. The molecule has 1 fully saturated rings. The molecule has 0 aliphatic heterocycles. The molecule has 1 aromatic rings. The summed E-state index contributed by atoms with van der Waals surface area (Å²) in [6, 6.07) is 4.13. The molecule has 0 radical (unpaired) electrons. The lowest BCUT2D eigenvalue weighted by Gasteiger charge is -2.17. The van der Waals surface area contributed by atoms with Crippen molar-refractivity contribution in [3.8, 4) is 11.5 Å². The van der Waals surface area contributed by atoms with E-state index < -0.39 is 0 Å². The second-order valence-electron chi connectivity index (χ2n) is 4.97. The van der Waals surface area contributed by atoms with Crippen LogP contribution in [0.2, 0.25) is 0 Å². The van der Waals surface area contributed by atoms with Crippen molar-refractivity contribution in [2.45, 2.75) is 26.3 Å². The van der Waals surface area contributed by atoms with Crippen molar-refractivity contribution < 1.29 is 9.47 Å². The SMILES string of the molecule is COc1cc(C)c(C(N)C2CC2C)cc1OC. The van der Waals surface area contributed by atoms with Crippen LogP contribution >= 0.6 is 0 Å². The predicted octanol–water partition coefficient (Wildman–Crippen LogP) is 2.67. The largest absolute Gasteiger partial charge is 0.493 e. The second kappa shape index (κ2) is 4.57. The van der Waals surface area contributed by atoms with E-state index in [1.54, 1.807) is 14.2 Å². The maximum Gasteiger partial charge on any atom is 0.161 e. The molecule has 17 heavy (non-hydrogen) atoms. The van der Waals surface area contributed by atoms with Crippen molar-refractivity contribution >= 4 is 0 Å². The highest BCUT2D eigenvalue weighted by Crippen LogP contribution is 2.47. The van der Waals surface area contributed by atoms with E-state index in [0.717, 1.165) is 17.4 Å². The monoisotopic (exact) mass is 235 g/mol. The van der Waals surface area contributed by atoms with Gasteiger partial charge < -0.3 is 15.2 Å². The van der Waals surface area contributed by atoms with Crippen molar-refractivity contribution in [3.63, 3.8) is 0 Å². The number of benzene rings is 1. The molecule has 1 aromatic carbocycles. The predicted molar refractivity (Wildman–Crippen MR) is 68.5 cm³/mol. The minimum atomic E-state index is 0.116. The van der Waals surface area contributed by atoms with E-state index in [2.05, 4.69) is 13.8 Å². The molecule has 0 aromatic heterocycles. The number of methoxy groups -OCH3 is 2. The average molecular weight is 235 g/mol. The summed E-state index contributed by atoms with van der Waals surface area (Å²) in [7, 11) is 3.31. The van der Waals surface area contributed by atoms with Crippen LogP contribution in [0.1, 0.15) is 30.5 Å². The highest BCUT2D eigenvalue weighted by molar-refractivity contribution is 5.48. The highest BCUT2D eigenvalue weighted by atomic mass is 16.5. The Labute approximate surface area is 103 Å². The van der Waals surface area contributed by atoms with Crippen LogP contribution in [-0.2, 0) is 0 Å². The first-order valence-electron chi connectivity index (χ1n) is 6.06. The van der Waals surface area contributed by atoms with E-state index in [9.17, 15) is 0 Å². The second-order valence-corrected chi connectivity index (χ2v) is 4.97. The Bertz CT molecular complexity index is 417. The fourth-order valence-corrected chi connectivity index (χ4v) is 2.44. The summed E-state index contributed by atoms with van der Waals surface area (Å²) < 4.78 is 10.6. The third-order valence-electron chi connectivity index (χ3n) is 3.76. The first-order chi connectivity index (χ1) is 8.08. The molecule has 0 heterocycles. The molecule has 94 valence electrons. The highest BCUT2D eigenvalue weighted by Gasteiger charge is 2.39. The van der Waals surface area contributed by atoms with Crippen molar-refractivity contribution in [2.24, 2.45) is 17.6 Å². The molecule has 1 saturated carbocycles. The zero-order valence-electron chi connectivity index (χ0n) is 11.0. The summed E-state index contributed by atoms with van der Waals surface area (Å²) in [5.74, 6) is 2.89. The zero-order chi connectivity index (χ0) is 12.6. The molecule has 1 aliphatic carbocycles. The summed E-state index contributed by atoms with van der Waals surface area (Å²) in [5.41, 5.74) is 8.66. The van der Waals surface area contributed by atoms with E-state index in [1.165, 1.54) is 17.5 Å². The Morgan fingerprint density at radius 2 is 1.76 bits per heavy atom. The molecular formula is C14H21NO2. The van der Waals surface area contributed by atoms with Crippen molar-refractivity contribution in [1.29, 1.82) is 0 Å². The van der Waals surface area contributed by atoms with Gasteiger partial charge in [0.15, 0.2) is 11.5 Å². The average Bonchev–Trinajstić information content (AvgIpc) is 3.05. The Morgan fingerprint density at radius 1 is 1.24 bits per heavy atom. The van der Waals surface area contributed by atoms with Gasteiger partial charge in [-0.15, -0.1) is 0 Å². The van der Waals surface area contributed by atoms with Crippen LogP contribution in [0.15, 0.2) is 12.1 Å². The van der Waals surface area contributed by atoms with Gasteiger partial charge in [-0.1, -0.05) is 6.92 Å². The molecule has 0 bridgehead atoms. The maximum absolute atomic E-state index is 6.31. The summed E-state index contributed by atoms with van der Waals surface area (Å²) in [5, 5.41) is 0. The van der Waals surface area contributed by atoms with Crippen molar-refractivity contribution in [1.82, 2.24) is 0 Å². The quantitative estimate of drug-likeness (QED) is 0.872. The lowest BCUT2D eigenvalue weighted by Crippen LogP contribution is -2.15. The number of hydrogen-bond donors (Lipinski definition) is 1. The van der Waals surface area contributed by atoms with Gasteiger partial charge in [-0.3, -0.25) is 0 Å².